The Bertz CT molecular complexity index is 557. The lowest BCUT2D eigenvalue weighted by atomic mass is 10.00. The Morgan fingerprint density at radius 1 is 1.33 bits per heavy atom. The number of rotatable bonds is 5. The van der Waals surface area contributed by atoms with Gasteiger partial charge >= 0.3 is 0 Å². The van der Waals surface area contributed by atoms with Crippen molar-refractivity contribution in [1.82, 2.24) is 14.9 Å². The molecule has 0 unspecified atom stereocenters. The van der Waals surface area contributed by atoms with E-state index in [-0.39, 0.29) is 5.92 Å². The fourth-order valence-corrected chi connectivity index (χ4v) is 3.91. The van der Waals surface area contributed by atoms with Crippen molar-refractivity contribution in [2.45, 2.75) is 19.4 Å². The number of aromatic nitrogens is 2. The molecule has 0 saturated carbocycles. The monoisotopic (exact) mass is 312 g/mol. The van der Waals surface area contributed by atoms with Crippen molar-refractivity contribution in [3.05, 3.63) is 18.0 Å². The first-order valence-corrected chi connectivity index (χ1v) is 9.28. The molecule has 0 amide bonds. The first kappa shape index (κ1) is 16.2. The van der Waals surface area contributed by atoms with Gasteiger partial charge in [-0.15, -0.1) is 0 Å². The Hall–Kier alpha value is -1.21. The van der Waals surface area contributed by atoms with Crippen molar-refractivity contribution in [2.75, 3.05) is 44.1 Å². The van der Waals surface area contributed by atoms with Crippen molar-refractivity contribution in [1.29, 1.82) is 0 Å². The van der Waals surface area contributed by atoms with Crippen LogP contribution in [-0.2, 0) is 16.4 Å². The summed E-state index contributed by atoms with van der Waals surface area (Å²) in [5, 5.41) is 0. The van der Waals surface area contributed by atoms with Gasteiger partial charge in [0.15, 0.2) is 0 Å². The van der Waals surface area contributed by atoms with Crippen molar-refractivity contribution in [3.63, 3.8) is 0 Å². The van der Waals surface area contributed by atoms with Gasteiger partial charge in [0, 0.05) is 51.4 Å². The second-order valence-electron chi connectivity index (χ2n) is 6.12. The fraction of sp³-hybridized carbons (Fsp3) is 0.714. The van der Waals surface area contributed by atoms with Crippen LogP contribution in [0.5, 0.6) is 0 Å². The molecule has 1 aliphatic rings. The molecule has 21 heavy (non-hydrogen) atoms. The molecule has 0 N–H and O–H groups in total. The molecule has 1 fully saturated rings. The minimum Gasteiger partial charge on any atom is -0.347 e. The average Bonchev–Trinajstić information content (AvgIpc) is 2.37. The maximum atomic E-state index is 11.4. The molecule has 2 rings (SSSR count). The van der Waals surface area contributed by atoms with E-state index in [1.165, 1.54) is 6.26 Å². The topological polar surface area (TPSA) is 66.4 Å². The smallest absolute Gasteiger partial charge is 0.224 e. The maximum absolute atomic E-state index is 11.4. The molecule has 1 atom stereocenters. The summed E-state index contributed by atoms with van der Waals surface area (Å²) in [6, 6.07) is 0. The SMILES string of the molecule is CN(C)c1ncc(CN2CCC[C@H](CS(C)(=O)=O)C2)cn1. The molecule has 7 heteroatoms. The van der Waals surface area contributed by atoms with Crippen LogP contribution in [0, 0.1) is 5.92 Å². The molecule has 2 heterocycles. The van der Waals surface area contributed by atoms with Gasteiger partial charge in [-0.1, -0.05) is 0 Å². The molecule has 0 radical (unpaired) electrons. The molecule has 1 saturated heterocycles. The highest BCUT2D eigenvalue weighted by molar-refractivity contribution is 7.90. The third-order valence-electron chi connectivity index (χ3n) is 3.64. The second-order valence-corrected chi connectivity index (χ2v) is 8.31. The summed E-state index contributed by atoms with van der Waals surface area (Å²) in [5.74, 6) is 1.24. The van der Waals surface area contributed by atoms with E-state index >= 15 is 0 Å². The molecular formula is C14H24N4O2S. The van der Waals surface area contributed by atoms with Crippen molar-refractivity contribution in [2.24, 2.45) is 5.92 Å². The summed E-state index contributed by atoms with van der Waals surface area (Å²) in [6.45, 7) is 2.63. The molecule has 6 nitrogen and oxygen atoms in total. The minimum atomic E-state index is -2.89. The summed E-state index contributed by atoms with van der Waals surface area (Å²) in [6.07, 6.45) is 7.07. The van der Waals surface area contributed by atoms with E-state index in [2.05, 4.69) is 14.9 Å². The molecular weight excluding hydrogens is 288 g/mol. The first-order chi connectivity index (χ1) is 9.83. The summed E-state index contributed by atoms with van der Waals surface area (Å²) in [5.41, 5.74) is 1.07. The highest BCUT2D eigenvalue weighted by atomic mass is 32.2. The van der Waals surface area contributed by atoms with Crippen LogP contribution in [0.15, 0.2) is 12.4 Å². The maximum Gasteiger partial charge on any atom is 0.224 e. The van der Waals surface area contributed by atoms with E-state index in [0.29, 0.717) is 11.7 Å². The van der Waals surface area contributed by atoms with Crippen LogP contribution >= 0.6 is 0 Å². The van der Waals surface area contributed by atoms with Gasteiger partial charge in [0.2, 0.25) is 5.95 Å². The zero-order valence-electron chi connectivity index (χ0n) is 13.0. The lowest BCUT2D eigenvalue weighted by Gasteiger charge is -2.32. The number of anilines is 1. The highest BCUT2D eigenvalue weighted by Gasteiger charge is 2.23. The summed E-state index contributed by atoms with van der Waals surface area (Å²) >= 11 is 0. The summed E-state index contributed by atoms with van der Waals surface area (Å²) < 4.78 is 22.8. The van der Waals surface area contributed by atoms with E-state index in [1.807, 2.05) is 31.4 Å². The van der Waals surface area contributed by atoms with Crippen LogP contribution in [0.2, 0.25) is 0 Å². The van der Waals surface area contributed by atoms with Crippen molar-refractivity contribution < 1.29 is 8.42 Å². The number of piperidine rings is 1. The molecule has 0 aliphatic carbocycles. The third-order valence-corrected chi connectivity index (χ3v) is 4.72. The van der Waals surface area contributed by atoms with Crippen LogP contribution in [-0.4, -0.2) is 62.5 Å². The Morgan fingerprint density at radius 3 is 2.57 bits per heavy atom. The predicted molar refractivity (Wildman–Crippen MR) is 84.1 cm³/mol. The van der Waals surface area contributed by atoms with Crippen LogP contribution in [0.25, 0.3) is 0 Å². The molecule has 0 aromatic carbocycles. The largest absolute Gasteiger partial charge is 0.347 e. The van der Waals surface area contributed by atoms with Gasteiger partial charge in [0.1, 0.15) is 9.84 Å². The Morgan fingerprint density at radius 2 is 2.00 bits per heavy atom. The molecule has 0 spiro atoms. The Kier molecular flexibility index (Phi) is 5.16. The molecule has 1 aromatic heterocycles. The standard InChI is InChI=1S/C14H24N4O2S/c1-17(2)14-15-7-13(8-16-14)10-18-6-4-5-12(9-18)11-21(3,19)20/h7-8,12H,4-6,9-11H2,1-3H3/t12-/m0/s1. The van der Waals surface area contributed by atoms with E-state index in [1.54, 1.807) is 0 Å². The number of hydrogen-bond acceptors (Lipinski definition) is 6. The molecule has 1 aromatic rings. The number of likely N-dealkylation sites (tertiary alicyclic amines) is 1. The summed E-state index contributed by atoms with van der Waals surface area (Å²) in [4.78, 5) is 12.8. The average molecular weight is 312 g/mol. The first-order valence-electron chi connectivity index (χ1n) is 7.22. The second kappa shape index (κ2) is 6.70. The molecule has 118 valence electrons. The van der Waals surface area contributed by atoms with Crippen molar-refractivity contribution >= 4 is 15.8 Å². The van der Waals surface area contributed by atoms with Crippen molar-refractivity contribution in [3.8, 4) is 0 Å². The minimum absolute atomic E-state index is 0.246. The van der Waals surface area contributed by atoms with E-state index in [0.717, 1.165) is 38.0 Å². The zero-order valence-corrected chi connectivity index (χ0v) is 13.8. The van der Waals surface area contributed by atoms with E-state index in [9.17, 15) is 8.42 Å². The van der Waals surface area contributed by atoms with Gasteiger partial charge in [0.05, 0.1) is 5.75 Å². The normalized spacial score (nSPS) is 20.4. The predicted octanol–water partition coefficient (Wildman–Crippen LogP) is 0.799. The van der Waals surface area contributed by atoms with Gasteiger partial charge in [-0.3, -0.25) is 4.90 Å². The number of hydrogen-bond donors (Lipinski definition) is 0. The summed E-state index contributed by atoms with van der Waals surface area (Å²) in [7, 11) is 0.932. The van der Waals surface area contributed by atoms with Gasteiger partial charge in [-0.2, -0.15) is 0 Å². The Balaban J connectivity index is 1.93. The Labute approximate surface area is 127 Å². The molecule has 0 bridgehead atoms. The van der Waals surface area contributed by atoms with E-state index < -0.39 is 9.84 Å². The van der Waals surface area contributed by atoms with Gasteiger partial charge < -0.3 is 4.90 Å². The van der Waals surface area contributed by atoms with Crippen LogP contribution < -0.4 is 4.90 Å². The highest BCUT2D eigenvalue weighted by Crippen LogP contribution is 2.19. The quantitative estimate of drug-likeness (QED) is 0.801. The lowest BCUT2D eigenvalue weighted by molar-refractivity contribution is 0.177. The third kappa shape index (κ3) is 5.24. The van der Waals surface area contributed by atoms with Crippen LogP contribution in [0.3, 0.4) is 0 Å². The van der Waals surface area contributed by atoms with Gasteiger partial charge in [-0.25, -0.2) is 18.4 Å². The van der Waals surface area contributed by atoms with Gasteiger partial charge in [-0.05, 0) is 25.3 Å². The van der Waals surface area contributed by atoms with Crippen LogP contribution in [0.1, 0.15) is 18.4 Å². The lowest BCUT2D eigenvalue weighted by Crippen LogP contribution is -2.37. The fourth-order valence-electron chi connectivity index (χ4n) is 2.78. The number of nitrogens with zero attached hydrogens (tertiary/aromatic N) is 4. The molecule has 1 aliphatic heterocycles. The number of sulfone groups is 1. The van der Waals surface area contributed by atoms with Crippen LogP contribution in [0.4, 0.5) is 5.95 Å². The zero-order chi connectivity index (χ0) is 15.5. The van der Waals surface area contributed by atoms with Gasteiger partial charge in [0.25, 0.3) is 0 Å². The van der Waals surface area contributed by atoms with E-state index in [4.69, 9.17) is 0 Å².